The number of rotatable bonds is 2. The van der Waals surface area contributed by atoms with E-state index in [1.165, 1.54) is 0 Å². The summed E-state index contributed by atoms with van der Waals surface area (Å²) in [7, 11) is -0.562. The van der Waals surface area contributed by atoms with E-state index in [1.54, 1.807) is 0 Å². The highest BCUT2D eigenvalue weighted by Crippen LogP contribution is 2.19. The lowest BCUT2D eigenvalue weighted by molar-refractivity contribution is -0.135. The lowest BCUT2D eigenvalue weighted by Gasteiger charge is -2.14. The van der Waals surface area contributed by atoms with Crippen molar-refractivity contribution in [3.8, 4) is 0 Å². The molecule has 0 heterocycles. The molecule has 0 spiro atoms. The zero-order chi connectivity index (χ0) is 8.20. The largest absolute Gasteiger partial charge is 0.398 e. The Morgan fingerprint density at radius 2 is 2.00 bits per heavy atom. The molecule has 0 aromatic heterocycles. The SMILES string of the molecule is CC(C)(C)CC(=O)OP=O. The van der Waals surface area contributed by atoms with Gasteiger partial charge in [0.2, 0.25) is 0 Å². The molecule has 10 heavy (non-hydrogen) atoms. The second kappa shape index (κ2) is 3.67. The number of hydrogen-bond donors (Lipinski definition) is 0. The quantitative estimate of drug-likeness (QED) is 0.584. The van der Waals surface area contributed by atoms with Crippen molar-refractivity contribution in [1.29, 1.82) is 0 Å². The Morgan fingerprint density at radius 1 is 1.50 bits per heavy atom. The molecule has 58 valence electrons. The third-order valence-electron chi connectivity index (χ3n) is 0.814. The van der Waals surface area contributed by atoms with E-state index in [9.17, 15) is 9.36 Å². The van der Waals surface area contributed by atoms with Crippen molar-refractivity contribution >= 4 is 14.7 Å². The number of carbonyl (C=O) groups is 1. The molecule has 0 aromatic rings. The van der Waals surface area contributed by atoms with Crippen LogP contribution in [0.5, 0.6) is 0 Å². The zero-order valence-corrected chi connectivity index (χ0v) is 7.27. The van der Waals surface area contributed by atoms with E-state index >= 15 is 0 Å². The van der Waals surface area contributed by atoms with Gasteiger partial charge in [0.15, 0.2) is 0 Å². The van der Waals surface area contributed by atoms with Gasteiger partial charge in [-0.1, -0.05) is 20.8 Å². The predicted molar refractivity (Wildman–Crippen MR) is 37.8 cm³/mol. The van der Waals surface area contributed by atoms with E-state index in [1.807, 2.05) is 20.8 Å². The summed E-state index contributed by atoms with van der Waals surface area (Å²) < 4.78 is 14.0. The molecule has 4 heteroatoms. The van der Waals surface area contributed by atoms with Crippen LogP contribution in [0.2, 0.25) is 0 Å². The summed E-state index contributed by atoms with van der Waals surface area (Å²) in [6.45, 7) is 5.74. The first-order chi connectivity index (χ1) is 4.45. The van der Waals surface area contributed by atoms with Crippen molar-refractivity contribution in [3.05, 3.63) is 0 Å². The Morgan fingerprint density at radius 3 is 2.30 bits per heavy atom. The second-order valence-electron chi connectivity index (χ2n) is 3.28. The van der Waals surface area contributed by atoms with Gasteiger partial charge in [-0.3, -0.25) is 4.79 Å². The molecular formula is C6H11O3P. The first kappa shape index (κ1) is 9.57. The van der Waals surface area contributed by atoms with E-state index in [4.69, 9.17) is 0 Å². The average molecular weight is 162 g/mol. The minimum absolute atomic E-state index is 0.0955. The lowest BCUT2D eigenvalue weighted by Crippen LogP contribution is -2.12. The summed E-state index contributed by atoms with van der Waals surface area (Å²) in [5, 5.41) is 0. The fourth-order valence-corrected chi connectivity index (χ4v) is 0.655. The van der Waals surface area contributed by atoms with Crippen molar-refractivity contribution in [2.75, 3.05) is 0 Å². The molecule has 0 fully saturated rings. The first-order valence-electron chi connectivity index (χ1n) is 2.98. The van der Waals surface area contributed by atoms with E-state index < -0.39 is 14.7 Å². The maximum absolute atomic E-state index is 10.6. The van der Waals surface area contributed by atoms with E-state index in [-0.39, 0.29) is 5.41 Å². The Bertz CT molecular complexity index is 136. The van der Waals surface area contributed by atoms with Crippen molar-refractivity contribution in [1.82, 2.24) is 0 Å². The lowest BCUT2D eigenvalue weighted by atomic mass is 9.93. The van der Waals surface area contributed by atoms with Gasteiger partial charge in [-0.05, 0) is 5.41 Å². The van der Waals surface area contributed by atoms with Crippen LogP contribution in [-0.2, 0) is 13.9 Å². The van der Waals surface area contributed by atoms with Gasteiger partial charge >= 0.3 is 14.7 Å². The van der Waals surface area contributed by atoms with Gasteiger partial charge in [-0.25, -0.2) is 4.57 Å². The van der Waals surface area contributed by atoms with Crippen LogP contribution in [0.3, 0.4) is 0 Å². The molecule has 0 aliphatic rings. The molecule has 0 N–H and O–H groups in total. The topological polar surface area (TPSA) is 43.4 Å². The molecule has 0 saturated carbocycles. The monoisotopic (exact) mass is 162 g/mol. The standard InChI is InChI=1S/C6H11O3P/c1-6(2,3)4-5(7)9-10-8/h4H2,1-3H3. The average Bonchev–Trinajstić information content (AvgIpc) is 1.59. The van der Waals surface area contributed by atoms with Gasteiger partial charge in [0, 0.05) is 0 Å². The van der Waals surface area contributed by atoms with Gasteiger partial charge < -0.3 is 4.52 Å². The molecule has 0 saturated heterocycles. The highest BCUT2D eigenvalue weighted by Gasteiger charge is 2.16. The van der Waals surface area contributed by atoms with Gasteiger partial charge in [-0.15, -0.1) is 0 Å². The second-order valence-corrected chi connectivity index (χ2v) is 3.61. The molecule has 0 atom stereocenters. The molecule has 0 unspecified atom stereocenters. The Hall–Kier alpha value is -0.430. The fraction of sp³-hybridized carbons (Fsp3) is 0.833. The molecule has 0 bridgehead atoms. The first-order valence-corrected chi connectivity index (χ1v) is 3.71. The van der Waals surface area contributed by atoms with Crippen molar-refractivity contribution in [3.63, 3.8) is 0 Å². The third kappa shape index (κ3) is 5.70. The molecule has 0 amide bonds. The highest BCUT2D eigenvalue weighted by molar-refractivity contribution is 7.18. The smallest absolute Gasteiger partial charge is 0.373 e. The van der Waals surface area contributed by atoms with Crippen LogP contribution in [0.4, 0.5) is 0 Å². The zero-order valence-electron chi connectivity index (χ0n) is 6.38. The minimum atomic E-state index is -0.562. The van der Waals surface area contributed by atoms with E-state index in [2.05, 4.69) is 4.52 Å². The highest BCUT2D eigenvalue weighted by atomic mass is 31.1. The minimum Gasteiger partial charge on any atom is -0.373 e. The number of hydrogen-bond acceptors (Lipinski definition) is 3. The maximum atomic E-state index is 10.6. The van der Waals surface area contributed by atoms with Crippen molar-refractivity contribution in [2.24, 2.45) is 5.41 Å². The summed E-state index contributed by atoms with van der Waals surface area (Å²) in [6, 6.07) is 0. The fourth-order valence-electron chi connectivity index (χ4n) is 0.507. The van der Waals surface area contributed by atoms with E-state index in [0.29, 0.717) is 6.42 Å². The van der Waals surface area contributed by atoms with Gasteiger partial charge in [-0.2, -0.15) is 0 Å². The van der Waals surface area contributed by atoms with Crippen LogP contribution < -0.4 is 0 Å². The molecule has 3 nitrogen and oxygen atoms in total. The molecule has 0 aliphatic carbocycles. The van der Waals surface area contributed by atoms with Crippen LogP contribution in [0.25, 0.3) is 0 Å². The van der Waals surface area contributed by atoms with Crippen LogP contribution in [-0.4, -0.2) is 5.97 Å². The van der Waals surface area contributed by atoms with Crippen molar-refractivity contribution < 1.29 is 13.9 Å². The predicted octanol–water partition coefficient (Wildman–Crippen LogP) is 2.17. The van der Waals surface area contributed by atoms with Crippen LogP contribution in [0, 0.1) is 5.41 Å². The van der Waals surface area contributed by atoms with E-state index in [0.717, 1.165) is 0 Å². The molecular weight excluding hydrogens is 151 g/mol. The summed E-state index contributed by atoms with van der Waals surface area (Å²) in [6.07, 6.45) is 0.294. The normalized spacial score (nSPS) is 11.5. The molecule has 0 aromatic carbocycles. The summed E-state index contributed by atoms with van der Waals surface area (Å²) in [5.74, 6) is -0.427. The Labute approximate surface area is 62.0 Å². The third-order valence-corrected chi connectivity index (χ3v) is 1.09. The summed E-state index contributed by atoms with van der Waals surface area (Å²) in [5.41, 5.74) is -0.0955. The van der Waals surface area contributed by atoms with Gasteiger partial charge in [0.1, 0.15) is 0 Å². The van der Waals surface area contributed by atoms with Gasteiger partial charge in [0.25, 0.3) is 0 Å². The Balaban J connectivity index is 3.68. The van der Waals surface area contributed by atoms with Gasteiger partial charge in [0.05, 0.1) is 6.42 Å². The molecule has 0 aliphatic heterocycles. The van der Waals surface area contributed by atoms with Crippen LogP contribution >= 0.6 is 8.69 Å². The number of carbonyl (C=O) groups excluding carboxylic acids is 1. The Kier molecular flexibility index (Phi) is 3.51. The van der Waals surface area contributed by atoms with Crippen LogP contribution in [0.15, 0.2) is 0 Å². The summed E-state index contributed by atoms with van der Waals surface area (Å²) in [4.78, 5) is 10.6. The van der Waals surface area contributed by atoms with Crippen LogP contribution in [0.1, 0.15) is 27.2 Å². The van der Waals surface area contributed by atoms with Crippen molar-refractivity contribution in [2.45, 2.75) is 27.2 Å². The summed E-state index contributed by atoms with van der Waals surface area (Å²) >= 11 is 0. The molecule has 0 radical (unpaired) electrons. The maximum Gasteiger partial charge on any atom is 0.398 e. The molecule has 0 rings (SSSR count).